The number of anilines is 1. The van der Waals surface area contributed by atoms with E-state index in [9.17, 15) is 0 Å². The van der Waals surface area contributed by atoms with Crippen LogP contribution in [0.25, 0.3) is 22.5 Å². The van der Waals surface area contributed by atoms with E-state index in [-0.39, 0.29) is 5.88 Å². The van der Waals surface area contributed by atoms with Crippen LogP contribution >= 0.6 is 11.6 Å². The lowest BCUT2D eigenvalue weighted by Gasteiger charge is -2.04. The molecule has 0 spiro atoms. The van der Waals surface area contributed by atoms with Crippen LogP contribution in [0, 0.1) is 6.92 Å². The molecule has 0 unspecified atom stereocenters. The highest BCUT2D eigenvalue weighted by Gasteiger charge is 2.18. The number of aryl methyl sites for hydroxylation is 1. The summed E-state index contributed by atoms with van der Waals surface area (Å²) in [6, 6.07) is 11.3. The van der Waals surface area contributed by atoms with Crippen LogP contribution < -0.4 is 5.73 Å². The van der Waals surface area contributed by atoms with Crippen molar-refractivity contribution >= 4 is 17.5 Å². The van der Waals surface area contributed by atoms with E-state index in [1.807, 2.05) is 43.3 Å². The summed E-state index contributed by atoms with van der Waals surface area (Å²) < 4.78 is 5.12. The Balaban J connectivity index is 2.18. The van der Waals surface area contributed by atoms with Crippen LogP contribution in [-0.2, 0) is 0 Å². The first kappa shape index (κ1) is 12.7. The lowest BCUT2D eigenvalue weighted by Crippen LogP contribution is -1.90. The molecule has 20 heavy (non-hydrogen) atoms. The molecule has 2 N–H and O–H groups in total. The SMILES string of the molecule is Cc1ccc(-c2noc(N)c2-c2ccccn2)cc1Cl. The average Bonchev–Trinajstić information content (AvgIpc) is 2.85. The third-order valence-corrected chi connectivity index (χ3v) is 3.49. The number of halogens is 1. The normalized spacial score (nSPS) is 10.7. The van der Waals surface area contributed by atoms with Gasteiger partial charge in [-0.15, -0.1) is 0 Å². The predicted molar refractivity (Wildman–Crippen MR) is 79.3 cm³/mol. The Morgan fingerprint density at radius 2 is 2.05 bits per heavy atom. The van der Waals surface area contributed by atoms with Crippen LogP contribution in [0.3, 0.4) is 0 Å². The molecule has 2 aromatic heterocycles. The van der Waals surface area contributed by atoms with Crippen molar-refractivity contribution in [3.8, 4) is 22.5 Å². The Morgan fingerprint density at radius 3 is 2.75 bits per heavy atom. The Bertz CT molecular complexity index is 753. The van der Waals surface area contributed by atoms with Crippen molar-refractivity contribution in [2.24, 2.45) is 0 Å². The number of hydrogen-bond donors (Lipinski definition) is 1. The fourth-order valence-electron chi connectivity index (χ4n) is 2.00. The van der Waals surface area contributed by atoms with E-state index in [4.69, 9.17) is 21.9 Å². The number of hydrogen-bond acceptors (Lipinski definition) is 4. The number of nitrogen functional groups attached to an aromatic ring is 1. The third kappa shape index (κ3) is 2.14. The summed E-state index contributed by atoms with van der Waals surface area (Å²) >= 11 is 6.16. The van der Waals surface area contributed by atoms with E-state index < -0.39 is 0 Å². The quantitative estimate of drug-likeness (QED) is 0.774. The molecule has 0 amide bonds. The van der Waals surface area contributed by atoms with Gasteiger partial charge in [0.05, 0.1) is 11.3 Å². The molecule has 3 aromatic rings. The van der Waals surface area contributed by atoms with Gasteiger partial charge in [-0.1, -0.05) is 35.0 Å². The minimum Gasteiger partial charge on any atom is -0.367 e. The molecular weight excluding hydrogens is 274 g/mol. The number of aromatic nitrogens is 2. The van der Waals surface area contributed by atoms with Crippen molar-refractivity contribution in [1.82, 2.24) is 10.1 Å². The van der Waals surface area contributed by atoms with Gasteiger partial charge in [0.15, 0.2) is 0 Å². The number of nitrogens with two attached hydrogens (primary N) is 1. The first-order valence-electron chi connectivity index (χ1n) is 6.10. The lowest BCUT2D eigenvalue weighted by molar-refractivity contribution is 0.439. The van der Waals surface area contributed by atoms with E-state index in [1.54, 1.807) is 6.20 Å². The van der Waals surface area contributed by atoms with Gasteiger partial charge < -0.3 is 10.3 Å². The van der Waals surface area contributed by atoms with E-state index in [0.717, 1.165) is 16.8 Å². The van der Waals surface area contributed by atoms with Crippen molar-refractivity contribution in [2.45, 2.75) is 6.92 Å². The number of benzene rings is 1. The van der Waals surface area contributed by atoms with Gasteiger partial charge in [-0.25, -0.2) is 0 Å². The summed E-state index contributed by atoms with van der Waals surface area (Å²) in [6.07, 6.45) is 1.70. The smallest absolute Gasteiger partial charge is 0.232 e. The number of pyridine rings is 1. The van der Waals surface area contributed by atoms with Gasteiger partial charge in [0, 0.05) is 16.8 Å². The molecule has 0 aliphatic heterocycles. The van der Waals surface area contributed by atoms with Gasteiger partial charge in [-0.3, -0.25) is 4.98 Å². The maximum Gasteiger partial charge on any atom is 0.232 e. The summed E-state index contributed by atoms with van der Waals surface area (Å²) in [5.74, 6) is 0.246. The highest BCUT2D eigenvalue weighted by molar-refractivity contribution is 6.31. The van der Waals surface area contributed by atoms with Gasteiger partial charge in [-0.05, 0) is 30.7 Å². The van der Waals surface area contributed by atoms with Crippen LogP contribution in [0.15, 0.2) is 47.1 Å². The largest absolute Gasteiger partial charge is 0.367 e. The van der Waals surface area contributed by atoms with E-state index in [0.29, 0.717) is 16.3 Å². The minimum atomic E-state index is 0.246. The first-order valence-corrected chi connectivity index (χ1v) is 6.47. The first-order chi connectivity index (χ1) is 9.66. The van der Waals surface area contributed by atoms with Crippen LogP contribution in [0.5, 0.6) is 0 Å². The number of rotatable bonds is 2. The average molecular weight is 286 g/mol. The van der Waals surface area contributed by atoms with Crippen molar-refractivity contribution in [3.63, 3.8) is 0 Å². The molecule has 5 heteroatoms. The lowest BCUT2D eigenvalue weighted by atomic mass is 10.0. The van der Waals surface area contributed by atoms with Gasteiger partial charge in [-0.2, -0.15) is 0 Å². The zero-order valence-corrected chi connectivity index (χ0v) is 11.6. The Morgan fingerprint density at radius 1 is 1.20 bits per heavy atom. The van der Waals surface area contributed by atoms with Gasteiger partial charge in [0.2, 0.25) is 5.88 Å². The summed E-state index contributed by atoms with van der Waals surface area (Å²) in [4.78, 5) is 4.30. The third-order valence-electron chi connectivity index (χ3n) is 3.08. The van der Waals surface area contributed by atoms with Gasteiger partial charge in [0.1, 0.15) is 5.69 Å². The van der Waals surface area contributed by atoms with Crippen LogP contribution in [0.1, 0.15) is 5.56 Å². The molecule has 3 rings (SSSR count). The maximum absolute atomic E-state index is 6.16. The second-order valence-corrected chi connectivity index (χ2v) is 4.86. The standard InChI is InChI=1S/C15H12ClN3O/c1-9-5-6-10(8-11(9)16)14-13(15(17)20-19-14)12-4-2-3-7-18-12/h2-8H,17H2,1H3. The van der Waals surface area contributed by atoms with Crippen molar-refractivity contribution in [2.75, 3.05) is 5.73 Å². The fraction of sp³-hybridized carbons (Fsp3) is 0.0667. The monoisotopic (exact) mass is 285 g/mol. The van der Waals surface area contributed by atoms with Crippen LogP contribution in [-0.4, -0.2) is 10.1 Å². The second-order valence-electron chi connectivity index (χ2n) is 4.45. The fourth-order valence-corrected chi connectivity index (χ4v) is 2.18. The molecule has 0 aliphatic carbocycles. The summed E-state index contributed by atoms with van der Waals surface area (Å²) in [6.45, 7) is 1.95. The van der Waals surface area contributed by atoms with Crippen molar-refractivity contribution < 1.29 is 4.52 Å². The maximum atomic E-state index is 6.16. The zero-order chi connectivity index (χ0) is 14.1. The Hall–Kier alpha value is -2.33. The highest BCUT2D eigenvalue weighted by atomic mass is 35.5. The van der Waals surface area contributed by atoms with Crippen LogP contribution in [0.4, 0.5) is 5.88 Å². The topological polar surface area (TPSA) is 64.9 Å². The molecular formula is C15H12ClN3O. The molecule has 0 radical (unpaired) electrons. The molecule has 2 heterocycles. The molecule has 1 aromatic carbocycles. The highest BCUT2D eigenvalue weighted by Crippen LogP contribution is 2.36. The molecule has 0 atom stereocenters. The summed E-state index contributed by atoms with van der Waals surface area (Å²) in [5.41, 5.74) is 9.78. The molecule has 100 valence electrons. The molecule has 0 aliphatic rings. The molecule has 0 bridgehead atoms. The van der Waals surface area contributed by atoms with E-state index >= 15 is 0 Å². The zero-order valence-electron chi connectivity index (χ0n) is 10.8. The minimum absolute atomic E-state index is 0.246. The Labute approximate surface area is 121 Å². The summed E-state index contributed by atoms with van der Waals surface area (Å²) in [5, 5.41) is 4.71. The van der Waals surface area contributed by atoms with Crippen molar-refractivity contribution in [3.05, 3.63) is 53.2 Å². The second kappa shape index (κ2) is 4.98. The van der Waals surface area contributed by atoms with E-state index in [2.05, 4.69) is 10.1 Å². The molecule has 0 fully saturated rings. The summed E-state index contributed by atoms with van der Waals surface area (Å²) in [7, 11) is 0. The number of nitrogens with zero attached hydrogens (tertiary/aromatic N) is 2. The molecule has 0 saturated heterocycles. The van der Waals surface area contributed by atoms with Crippen LogP contribution in [0.2, 0.25) is 5.02 Å². The predicted octanol–water partition coefficient (Wildman–Crippen LogP) is 3.95. The Kier molecular flexibility index (Phi) is 3.16. The molecule has 4 nitrogen and oxygen atoms in total. The van der Waals surface area contributed by atoms with Gasteiger partial charge >= 0.3 is 0 Å². The van der Waals surface area contributed by atoms with E-state index in [1.165, 1.54) is 0 Å². The van der Waals surface area contributed by atoms with Crippen molar-refractivity contribution in [1.29, 1.82) is 0 Å². The molecule has 0 saturated carbocycles. The van der Waals surface area contributed by atoms with Gasteiger partial charge in [0.25, 0.3) is 0 Å².